The van der Waals surface area contributed by atoms with E-state index in [0.717, 1.165) is 21.0 Å². The van der Waals surface area contributed by atoms with Crippen LogP contribution in [-0.4, -0.2) is 25.6 Å². The minimum Gasteiger partial charge on any atom is -0.478 e. The molecule has 0 atom stereocenters. The zero-order valence-corrected chi connectivity index (χ0v) is 12.5. The van der Waals surface area contributed by atoms with Crippen LogP contribution < -0.4 is 0 Å². The Kier molecular flexibility index (Phi) is 3.57. The van der Waals surface area contributed by atoms with E-state index in [1.807, 2.05) is 17.7 Å². The second-order valence-corrected chi connectivity index (χ2v) is 5.86. The lowest BCUT2D eigenvalue weighted by molar-refractivity contribution is 0.0697. The largest absolute Gasteiger partial charge is 0.478 e. The summed E-state index contributed by atoms with van der Waals surface area (Å²) in [4.78, 5) is 20.5. The van der Waals surface area contributed by atoms with Crippen LogP contribution >= 0.6 is 23.4 Å². The van der Waals surface area contributed by atoms with Crippen molar-refractivity contribution >= 4 is 40.4 Å². The number of hydrogen-bond donors (Lipinski definition) is 1. The third kappa shape index (κ3) is 2.59. The molecule has 0 aliphatic rings. The normalized spacial score (nSPS) is 11.0. The molecule has 0 saturated heterocycles. The molecule has 0 fully saturated rings. The van der Waals surface area contributed by atoms with Gasteiger partial charge in [0.1, 0.15) is 10.5 Å². The van der Waals surface area contributed by atoms with Crippen LogP contribution in [0.5, 0.6) is 0 Å². The van der Waals surface area contributed by atoms with Gasteiger partial charge in [0, 0.05) is 18.1 Å². The SMILES string of the molecule is Cn1cnc2c(Sc3ccc(Cl)c(C(=O)O)c3)nccc21. The van der Waals surface area contributed by atoms with E-state index in [0.29, 0.717) is 0 Å². The summed E-state index contributed by atoms with van der Waals surface area (Å²) in [5.74, 6) is -1.05. The molecule has 2 heterocycles. The number of carbonyl (C=O) groups is 1. The van der Waals surface area contributed by atoms with Gasteiger partial charge in [0.2, 0.25) is 0 Å². The fourth-order valence-corrected chi connectivity index (χ4v) is 3.06. The highest BCUT2D eigenvalue weighted by molar-refractivity contribution is 7.99. The lowest BCUT2D eigenvalue weighted by Gasteiger charge is -2.05. The van der Waals surface area contributed by atoms with E-state index in [1.165, 1.54) is 11.8 Å². The molecule has 0 amide bonds. The number of rotatable bonds is 3. The van der Waals surface area contributed by atoms with Gasteiger partial charge >= 0.3 is 5.97 Å². The minimum absolute atomic E-state index is 0.0786. The maximum absolute atomic E-state index is 11.1. The van der Waals surface area contributed by atoms with E-state index in [4.69, 9.17) is 16.7 Å². The summed E-state index contributed by atoms with van der Waals surface area (Å²) < 4.78 is 1.91. The predicted octanol–water partition coefficient (Wildman–Crippen LogP) is 3.47. The van der Waals surface area contributed by atoms with E-state index >= 15 is 0 Å². The van der Waals surface area contributed by atoms with Crippen molar-refractivity contribution in [3.8, 4) is 0 Å². The molecule has 0 radical (unpaired) electrons. The Hall–Kier alpha value is -2.05. The number of carboxylic acids is 1. The van der Waals surface area contributed by atoms with Crippen LogP contribution in [0.1, 0.15) is 10.4 Å². The second kappa shape index (κ2) is 5.38. The van der Waals surface area contributed by atoms with Crippen LogP contribution in [0, 0.1) is 0 Å². The Morgan fingerprint density at radius 2 is 2.14 bits per heavy atom. The standard InChI is InChI=1S/C14H10ClN3O2S/c1-18-7-17-12-11(18)4-5-16-13(12)21-8-2-3-10(15)9(6-8)14(19)20/h2-7H,1H3,(H,19,20). The van der Waals surface area contributed by atoms with Crippen LogP contribution in [0.25, 0.3) is 11.0 Å². The Balaban J connectivity index is 2.03. The van der Waals surface area contributed by atoms with E-state index in [2.05, 4.69) is 9.97 Å². The molecule has 5 nitrogen and oxygen atoms in total. The third-order valence-corrected chi connectivity index (χ3v) is 4.30. The lowest BCUT2D eigenvalue weighted by Crippen LogP contribution is -1.97. The molecular weight excluding hydrogens is 310 g/mol. The number of hydrogen-bond acceptors (Lipinski definition) is 4. The second-order valence-electron chi connectivity index (χ2n) is 4.39. The molecule has 0 aliphatic carbocycles. The molecule has 2 aromatic heterocycles. The molecule has 1 aromatic carbocycles. The Bertz CT molecular complexity index is 847. The number of fused-ring (bicyclic) bond motifs is 1. The number of carboxylic acid groups (broad SMARTS) is 1. The lowest BCUT2D eigenvalue weighted by atomic mass is 10.2. The summed E-state index contributed by atoms with van der Waals surface area (Å²) >= 11 is 7.23. The first-order valence-corrected chi connectivity index (χ1v) is 7.22. The molecule has 21 heavy (non-hydrogen) atoms. The molecule has 106 valence electrons. The smallest absolute Gasteiger partial charge is 0.337 e. The summed E-state index contributed by atoms with van der Waals surface area (Å²) in [5.41, 5.74) is 1.84. The first kappa shape index (κ1) is 13.9. The number of pyridine rings is 1. The number of imidazole rings is 1. The number of aromatic carboxylic acids is 1. The molecule has 0 bridgehead atoms. The maximum Gasteiger partial charge on any atom is 0.337 e. The van der Waals surface area contributed by atoms with Gasteiger partial charge in [-0.2, -0.15) is 0 Å². The van der Waals surface area contributed by atoms with Gasteiger partial charge in [0.05, 0.1) is 22.4 Å². The van der Waals surface area contributed by atoms with Crippen LogP contribution in [0.15, 0.2) is 46.7 Å². The van der Waals surface area contributed by atoms with Crippen molar-refractivity contribution < 1.29 is 9.90 Å². The van der Waals surface area contributed by atoms with E-state index in [-0.39, 0.29) is 10.6 Å². The molecule has 7 heteroatoms. The minimum atomic E-state index is -1.05. The Morgan fingerprint density at radius 3 is 2.90 bits per heavy atom. The highest BCUT2D eigenvalue weighted by Crippen LogP contribution is 2.32. The van der Waals surface area contributed by atoms with Crippen LogP contribution in [0.2, 0.25) is 5.02 Å². The summed E-state index contributed by atoms with van der Waals surface area (Å²) in [6.07, 6.45) is 3.43. The van der Waals surface area contributed by atoms with Gasteiger partial charge in [0.15, 0.2) is 0 Å². The third-order valence-electron chi connectivity index (χ3n) is 2.99. The summed E-state index contributed by atoms with van der Waals surface area (Å²) in [6, 6.07) is 6.77. The number of halogens is 1. The van der Waals surface area contributed by atoms with Crippen molar-refractivity contribution in [1.82, 2.24) is 14.5 Å². The number of aromatic nitrogens is 3. The monoisotopic (exact) mass is 319 g/mol. The van der Waals surface area contributed by atoms with Crippen molar-refractivity contribution in [2.75, 3.05) is 0 Å². The number of aryl methyl sites for hydroxylation is 1. The van der Waals surface area contributed by atoms with Crippen LogP contribution in [0.4, 0.5) is 0 Å². The fourth-order valence-electron chi connectivity index (χ4n) is 1.96. The molecule has 1 N–H and O–H groups in total. The Labute approximate surface area is 129 Å². The Morgan fingerprint density at radius 1 is 1.33 bits per heavy atom. The molecular formula is C14H10ClN3O2S. The first-order chi connectivity index (χ1) is 10.1. The summed E-state index contributed by atoms with van der Waals surface area (Å²) in [5, 5.41) is 10.1. The summed E-state index contributed by atoms with van der Waals surface area (Å²) in [7, 11) is 1.91. The maximum atomic E-state index is 11.1. The molecule has 0 unspecified atom stereocenters. The first-order valence-electron chi connectivity index (χ1n) is 6.03. The molecule has 3 rings (SSSR count). The average molecular weight is 320 g/mol. The topological polar surface area (TPSA) is 68.0 Å². The zero-order valence-electron chi connectivity index (χ0n) is 10.9. The van der Waals surface area contributed by atoms with Gasteiger partial charge in [-0.1, -0.05) is 23.4 Å². The van der Waals surface area contributed by atoms with Gasteiger partial charge in [-0.05, 0) is 24.3 Å². The van der Waals surface area contributed by atoms with Gasteiger partial charge in [-0.25, -0.2) is 14.8 Å². The average Bonchev–Trinajstić information content (AvgIpc) is 2.84. The highest BCUT2D eigenvalue weighted by atomic mass is 35.5. The van der Waals surface area contributed by atoms with E-state index in [9.17, 15) is 4.79 Å². The number of benzene rings is 1. The van der Waals surface area contributed by atoms with Crippen molar-refractivity contribution in [3.05, 3.63) is 47.4 Å². The fraction of sp³-hybridized carbons (Fsp3) is 0.0714. The van der Waals surface area contributed by atoms with Crippen LogP contribution in [0.3, 0.4) is 0 Å². The van der Waals surface area contributed by atoms with Crippen molar-refractivity contribution in [1.29, 1.82) is 0 Å². The van der Waals surface area contributed by atoms with Crippen molar-refractivity contribution in [2.24, 2.45) is 7.05 Å². The van der Waals surface area contributed by atoms with E-state index < -0.39 is 5.97 Å². The van der Waals surface area contributed by atoms with Crippen molar-refractivity contribution in [2.45, 2.75) is 9.92 Å². The highest BCUT2D eigenvalue weighted by Gasteiger charge is 2.12. The summed E-state index contributed by atoms with van der Waals surface area (Å²) in [6.45, 7) is 0. The predicted molar refractivity (Wildman–Crippen MR) is 81.0 cm³/mol. The van der Waals surface area contributed by atoms with Gasteiger partial charge in [-0.15, -0.1) is 0 Å². The molecule has 0 saturated carbocycles. The van der Waals surface area contributed by atoms with Gasteiger partial charge in [-0.3, -0.25) is 0 Å². The van der Waals surface area contributed by atoms with Gasteiger partial charge in [0.25, 0.3) is 0 Å². The van der Waals surface area contributed by atoms with Gasteiger partial charge < -0.3 is 9.67 Å². The molecule has 0 spiro atoms. The zero-order chi connectivity index (χ0) is 15.0. The molecule has 0 aliphatic heterocycles. The number of nitrogens with zero attached hydrogens (tertiary/aromatic N) is 3. The molecule has 3 aromatic rings. The van der Waals surface area contributed by atoms with E-state index in [1.54, 1.807) is 30.7 Å². The van der Waals surface area contributed by atoms with Crippen LogP contribution in [-0.2, 0) is 7.05 Å². The van der Waals surface area contributed by atoms with Crippen molar-refractivity contribution in [3.63, 3.8) is 0 Å². The quantitative estimate of drug-likeness (QED) is 0.800.